The molecular weight excluding hydrogens is 391 g/mol. The number of carbonyl (C=O) groups excluding carboxylic acids is 2. The van der Waals surface area contributed by atoms with Crippen molar-refractivity contribution in [2.24, 2.45) is 10.7 Å². The van der Waals surface area contributed by atoms with Crippen LogP contribution in [0, 0.1) is 17.1 Å². The third-order valence-electron chi connectivity index (χ3n) is 4.61. The molecule has 30 heavy (non-hydrogen) atoms. The van der Waals surface area contributed by atoms with Crippen molar-refractivity contribution in [2.45, 2.75) is 19.4 Å². The Morgan fingerprint density at radius 1 is 1.43 bits per heavy atom. The molecule has 0 saturated carbocycles. The Hall–Kier alpha value is -4.00. The van der Waals surface area contributed by atoms with Crippen molar-refractivity contribution in [2.75, 3.05) is 18.4 Å². The highest BCUT2D eigenvalue weighted by Gasteiger charge is 2.38. The predicted molar refractivity (Wildman–Crippen MR) is 106 cm³/mol. The Morgan fingerprint density at radius 2 is 2.20 bits per heavy atom. The van der Waals surface area contributed by atoms with Crippen LogP contribution in [0.5, 0.6) is 5.88 Å². The van der Waals surface area contributed by atoms with Gasteiger partial charge in [0, 0.05) is 30.1 Å². The van der Waals surface area contributed by atoms with Crippen LogP contribution in [0.2, 0.25) is 0 Å². The number of nitrogens with one attached hydrogen (secondary N) is 1. The number of amidine groups is 1. The van der Waals surface area contributed by atoms with Gasteiger partial charge in [0.15, 0.2) is 5.84 Å². The number of nitrogens with two attached hydrogens (primary N) is 1. The lowest BCUT2D eigenvalue weighted by Gasteiger charge is -2.37. The van der Waals surface area contributed by atoms with Crippen molar-refractivity contribution >= 4 is 23.5 Å². The van der Waals surface area contributed by atoms with E-state index in [1.54, 1.807) is 13.8 Å². The molecule has 2 aromatic rings. The van der Waals surface area contributed by atoms with Gasteiger partial charge in [0.05, 0.1) is 12.1 Å². The molecule has 0 saturated heterocycles. The SMILES string of the molecule is CCN1CC(C)(c2cc(NC(=O)Oc3ccc(C#N)cn3)ccc2F)N=C(N)C1=O. The molecule has 0 bridgehead atoms. The van der Waals surface area contributed by atoms with Crippen molar-refractivity contribution in [3.63, 3.8) is 0 Å². The number of ether oxygens (including phenoxy) is 1. The molecule has 1 atom stereocenters. The number of rotatable bonds is 4. The molecule has 9 nitrogen and oxygen atoms in total. The van der Waals surface area contributed by atoms with Crippen LogP contribution >= 0.6 is 0 Å². The number of pyridine rings is 1. The molecule has 1 aliphatic heterocycles. The topological polar surface area (TPSA) is 134 Å². The maximum absolute atomic E-state index is 14.6. The van der Waals surface area contributed by atoms with Gasteiger partial charge in [-0.25, -0.2) is 14.2 Å². The normalized spacial score (nSPS) is 18.4. The van der Waals surface area contributed by atoms with E-state index < -0.39 is 23.4 Å². The number of likely N-dealkylation sites (N-methyl/N-ethyl adjacent to an activating group) is 1. The molecule has 0 spiro atoms. The zero-order valence-electron chi connectivity index (χ0n) is 16.3. The van der Waals surface area contributed by atoms with Gasteiger partial charge >= 0.3 is 6.09 Å². The molecule has 0 aliphatic carbocycles. The number of amides is 2. The Kier molecular flexibility index (Phi) is 5.64. The van der Waals surface area contributed by atoms with E-state index in [0.29, 0.717) is 12.1 Å². The molecule has 10 heteroatoms. The highest BCUT2D eigenvalue weighted by atomic mass is 19.1. The summed E-state index contributed by atoms with van der Waals surface area (Å²) in [5.41, 5.74) is 5.40. The maximum atomic E-state index is 14.6. The highest BCUT2D eigenvalue weighted by Crippen LogP contribution is 2.33. The summed E-state index contributed by atoms with van der Waals surface area (Å²) in [5, 5.41) is 11.3. The zero-order valence-corrected chi connectivity index (χ0v) is 16.3. The van der Waals surface area contributed by atoms with E-state index in [-0.39, 0.29) is 29.5 Å². The summed E-state index contributed by atoms with van der Waals surface area (Å²) in [5.74, 6) is -1.15. The van der Waals surface area contributed by atoms with E-state index in [1.807, 2.05) is 6.07 Å². The average molecular weight is 410 g/mol. The first-order valence-corrected chi connectivity index (χ1v) is 9.05. The second kappa shape index (κ2) is 8.16. The second-order valence-corrected chi connectivity index (χ2v) is 6.80. The van der Waals surface area contributed by atoms with E-state index >= 15 is 0 Å². The van der Waals surface area contributed by atoms with Gasteiger partial charge in [0.2, 0.25) is 5.88 Å². The third-order valence-corrected chi connectivity index (χ3v) is 4.61. The number of carbonyl (C=O) groups is 2. The van der Waals surface area contributed by atoms with Gasteiger partial charge in [-0.2, -0.15) is 5.26 Å². The average Bonchev–Trinajstić information content (AvgIpc) is 2.72. The van der Waals surface area contributed by atoms with Crippen molar-refractivity contribution in [3.05, 3.63) is 53.5 Å². The molecule has 1 aromatic heterocycles. The summed E-state index contributed by atoms with van der Waals surface area (Å²) in [4.78, 5) is 33.8. The highest BCUT2D eigenvalue weighted by molar-refractivity contribution is 6.37. The number of aromatic nitrogens is 1. The summed E-state index contributed by atoms with van der Waals surface area (Å²) >= 11 is 0. The molecule has 0 radical (unpaired) electrons. The number of hydrogen-bond acceptors (Lipinski definition) is 7. The molecule has 3 rings (SSSR count). The van der Waals surface area contributed by atoms with Crippen LogP contribution < -0.4 is 15.8 Å². The number of aliphatic imine (C=N–C) groups is 1. The number of nitriles is 1. The molecular formula is C20H19FN6O3. The van der Waals surface area contributed by atoms with Gasteiger partial charge in [-0.05, 0) is 38.1 Å². The van der Waals surface area contributed by atoms with Crippen LogP contribution in [0.15, 0.2) is 41.5 Å². The van der Waals surface area contributed by atoms with Crippen LogP contribution in [0.1, 0.15) is 25.0 Å². The number of halogens is 1. The summed E-state index contributed by atoms with van der Waals surface area (Å²) in [6.07, 6.45) is 0.429. The molecule has 2 heterocycles. The third kappa shape index (κ3) is 4.20. The summed E-state index contributed by atoms with van der Waals surface area (Å²) < 4.78 is 19.7. The van der Waals surface area contributed by atoms with Crippen LogP contribution in [0.25, 0.3) is 0 Å². The van der Waals surface area contributed by atoms with Gasteiger partial charge in [-0.3, -0.25) is 15.1 Å². The molecule has 1 unspecified atom stereocenters. The number of nitrogens with zero attached hydrogens (tertiary/aromatic N) is 4. The first kappa shape index (κ1) is 20.7. The van der Waals surface area contributed by atoms with E-state index in [2.05, 4.69) is 15.3 Å². The molecule has 154 valence electrons. The molecule has 1 aromatic carbocycles. The fraction of sp³-hybridized carbons (Fsp3) is 0.250. The zero-order chi connectivity index (χ0) is 21.9. The first-order valence-electron chi connectivity index (χ1n) is 9.05. The second-order valence-electron chi connectivity index (χ2n) is 6.80. The van der Waals surface area contributed by atoms with E-state index in [1.165, 1.54) is 41.4 Å². The lowest BCUT2D eigenvalue weighted by molar-refractivity contribution is -0.125. The standard InChI is InChI=1S/C20H19FN6O3/c1-3-27-11-20(2,26-17(23)18(27)28)14-8-13(5-6-15(14)21)25-19(29)30-16-7-4-12(9-22)10-24-16/h4-8,10H,3,11H2,1-2H3,(H2,23,26)(H,25,29). The van der Waals surface area contributed by atoms with E-state index in [4.69, 9.17) is 15.7 Å². The van der Waals surface area contributed by atoms with Crippen molar-refractivity contribution < 1.29 is 18.7 Å². The van der Waals surface area contributed by atoms with Crippen LogP contribution in [0.4, 0.5) is 14.9 Å². The molecule has 2 amide bonds. The lowest BCUT2D eigenvalue weighted by Crippen LogP contribution is -2.52. The molecule has 1 aliphatic rings. The Morgan fingerprint density at radius 3 is 2.83 bits per heavy atom. The first-order chi connectivity index (χ1) is 14.3. The largest absolute Gasteiger partial charge is 0.418 e. The fourth-order valence-corrected chi connectivity index (χ4v) is 3.12. The van der Waals surface area contributed by atoms with Gasteiger partial charge in [-0.1, -0.05) is 0 Å². The Balaban J connectivity index is 1.82. The van der Waals surface area contributed by atoms with E-state index in [9.17, 15) is 14.0 Å². The number of benzene rings is 1. The van der Waals surface area contributed by atoms with Gasteiger partial charge in [-0.15, -0.1) is 0 Å². The van der Waals surface area contributed by atoms with E-state index in [0.717, 1.165) is 0 Å². The molecule has 0 fully saturated rings. The smallest absolute Gasteiger partial charge is 0.391 e. The number of anilines is 1. The minimum Gasteiger partial charge on any atom is -0.391 e. The lowest BCUT2D eigenvalue weighted by atomic mass is 9.89. The minimum absolute atomic E-state index is 0.00236. The molecule has 3 N–H and O–H groups in total. The van der Waals surface area contributed by atoms with Crippen LogP contribution in [0.3, 0.4) is 0 Å². The van der Waals surface area contributed by atoms with Crippen LogP contribution in [-0.4, -0.2) is 40.8 Å². The summed E-state index contributed by atoms with van der Waals surface area (Å²) in [6, 6.07) is 8.72. The van der Waals surface area contributed by atoms with Crippen molar-refractivity contribution in [1.82, 2.24) is 9.88 Å². The van der Waals surface area contributed by atoms with Gasteiger partial charge < -0.3 is 15.4 Å². The van der Waals surface area contributed by atoms with Crippen molar-refractivity contribution in [1.29, 1.82) is 5.26 Å². The quantitative estimate of drug-likeness (QED) is 0.793. The predicted octanol–water partition coefficient (Wildman–Crippen LogP) is 2.14. The van der Waals surface area contributed by atoms with Gasteiger partial charge in [0.25, 0.3) is 5.91 Å². The van der Waals surface area contributed by atoms with Crippen LogP contribution in [-0.2, 0) is 10.3 Å². The fourth-order valence-electron chi connectivity index (χ4n) is 3.12. The summed E-state index contributed by atoms with van der Waals surface area (Å²) in [6.45, 7) is 3.99. The summed E-state index contributed by atoms with van der Waals surface area (Å²) in [7, 11) is 0. The Labute approximate surface area is 172 Å². The van der Waals surface area contributed by atoms with Crippen molar-refractivity contribution in [3.8, 4) is 11.9 Å². The minimum atomic E-state index is -1.12. The monoisotopic (exact) mass is 410 g/mol. The maximum Gasteiger partial charge on any atom is 0.418 e. The Bertz CT molecular complexity index is 1060. The van der Waals surface area contributed by atoms with Gasteiger partial charge in [0.1, 0.15) is 17.4 Å². The number of hydrogen-bond donors (Lipinski definition) is 2.